The molecule has 4 heteroatoms. The molecule has 1 heterocycles. The summed E-state index contributed by atoms with van der Waals surface area (Å²) in [7, 11) is 3.85. The van der Waals surface area contributed by atoms with E-state index in [4.69, 9.17) is 0 Å². The van der Waals surface area contributed by atoms with Gasteiger partial charge in [-0.15, -0.1) is 0 Å². The number of nitrogens with zero attached hydrogens (tertiary/aromatic N) is 3. The van der Waals surface area contributed by atoms with Crippen molar-refractivity contribution in [2.24, 2.45) is 13.0 Å². The van der Waals surface area contributed by atoms with Crippen molar-refractivity contribution in [3.05, 3.63) is 11.6 Å². The molecule has 74 valence electrons. The van der Waals surface area contributed by atoms with Crippen molar-refractivity contribution >= 4 is 0 Å². The fraction of sp³-hybridized carbons (Fsp3) is 0.778. The molecule has 0 aromatic carbocycles. The normalized spacial score (nSPS) is 11.2. The third-order valence-electron chi connectivity index (χ3n) is 1.82. The quantitative estimate of drug-likeness (QED) is 0.746. The highest BCUT2D eigenvalue weighted by Crippen LogP contribution is 2.03. The topological polar surface area (TPSA) is 42.7 Å². The van der Waals surface area contributed by atoms with Gasteiger partial charge in [-0.25, -0.2) is 4.98 Å². The van der Waals surface area contributed by atoms with E-state index in [0.29, 0.717) is 5.92 Å². The van der Waals surface area contributed by atoms with Gasteiger partial charge in [0, 0.05) is 13.5 Å². The van der Waals surface area contributed by atoms with Crippen LogP contribution in [0, 0.1) is 5.92 Å². The standard InChI is InChI=1S/C9H18N4/c1-7(2)5-8-11-9(6-10-3)13(4)12-8/h7,10H,5-6H2,1-4H3. The Balaban J connectivity index is 2.70. The van der Waals surface area contributed by atoms with E-state index >= 15 is 0 Å². The first kappa shape index (κ1) is 10.2. The minimum atomic E-state index is 0.616. The molecule has 0 bridgehead atoms. The first-order valence-corrected chi connectivity index (χ1v) is 4.67. The molecule has 1 aromatic rings. The second-order valence-corrected chi connectivity index (χ2v) is 3.70. The molecule has 0 saturated heterocycles. The van der Waals surface area contributed by atoms with Crippen molar-refractivity contribution < 1.29 is 0 Å². The lowest BCUT2D eigenvalue weighted by molar-refractivity contribution is 0.610. The molecule has 13 heavy (non-hydrogen) atoms. The van der Waals surface area contributed by atoms with Crippen molar-refractivity contribution in [2.75, 3.05) is 7.05 Å². The third-order valence-corrected chi connectivity index (χ3v) is 1.82. The zero-order valence-corrected chi connectivity index (χ0v) is 8.83. The second-order valence-electron chi connectivity index (χ2n) is 3.70. The van der Waals surface area contributed by atoms with E-state index in [1.54, 1.807) is 0 Å². The maximum atomic E-state index is 4.43. The lowest BCUT2D eigenvalue weighted by atomic mass is 10.1. The van der Waals surface area contributed by atoms with Crippen LogP contribution in [0.2, 0.25) is 0 Å². The van der Waals surface area contributed by atoms with E-state index in [1.165, 1.54) is 0 Å². The monoisotopic (exact) mass is 182 g/mol. The van der Waals surface area contributed by atoms with Crippen molar-refractivity contribution in [1.29, 1.82) is 0 Å². The molecule has 0 aliphatic carbocycles. The molecule has 0 saturated carbocycles. The summed E-state index contributed by atoms with van der Waals surface area (Å²) >= 11 is 0. The predicted octanol–water partition coefficient (Wildman–Crippen LogP) is 0.733. The van der Waals surface area contributed by atoms with Gasteiger partial charge in [-0.1, -0.05) is 13.8 Å². The summed E-state index contributed by atoms with van der Waals surface area (Å²) in [6.45, 7) is 5.13. The Morgan fingerprint density at radius 2 is 2.15 bits per heavy atom. The van der Waals surface area contributed by atoms with E-state index in [0.717, 1.165) is 24.6 Å². The number of aryl methyl sites for hydroxylation is 1. The highest BCUT2D eigenvalue weighted by atomic mass is 15.3. The number of rotatable bonds is 4. The molecule has 0 unspecified atom stereocenters. The summed E-state index contributed by atoms with van der Waals surface area (Å²) < 4.78 is 1.84. The Hall–Kier alpha value is -0.900. The molecular weight excluding hydrogens is 164 g/mol. The summed E-state index contributed by atoms with van der Waals surface area (Å²) in [4.78, 5) is 4.43. The molecule has 0 aliphatic heterocycles. The van der Waals surface area contributed by atoms with Crippen LogP contribution in [0.15, 0.2) is 0 Å². The fourth-order valence-electron chi connectivity index (χ4n) is 1.24. The summed E-state index contributed by atoms with van der Waals surface area (Å²) in [6, 6.07) is 0. The van der Waals surface area contributed by atoms with Crippen LogP contribution in [-0.4, -0.2) is 21.8 Å². The van der Waals surface area contributed by atoms with Crippen LogP contribution in [0.25, 0.3) is 0 Å². The second kappa shape index (κ2) is 4.37. The highest BCUT2D eigenvalue weighted by Gasteiger charge is 2.07. The Bertz CT molecular complexity index is 265. The average molecular weight is 182 g/mol. The van der Waals surface area contributed by atoms with E-state index in [-0.39, 0.29) is 0 Å². The molecule has 0 aliphatic rings. The first-order chi connectivity index (χ1) is 6.13. The van der Waals surface area contributed by atoms with Gasteiger partial charge >= 0.3 is 0 Å². The molecular formula is C9H18N4. The van der Waals surface area contributed by atoms with Gasteiger partial charge in [-0.05, 0) is 13.0 Å². The Morgan fingerprint density at radius 1 is 1.46 bits per heavy atom. The van der Waals surface area contributed by atoms with Crippen LogP contribution < -0.4 is 5.32 Å². The van der Waals surface area contributed by atoms with Crippen molar-refractivity contribution in [2.45, 2.75) is 26.8 Å². The number of hydrogen-bond donors (Lipinski definition) is 1. The van der Waals surface area contributed by atoms with Crippen molar-refractivity contribution in [1.82, 2.24) is 20.1 Å². The Morgan fingerprint density at radius 3 is 2.69 bits per heavy atom. The average Bonchev–Trinajstić information content (AvgIpc) is 2.31. The molecule has 0 fully saturated rings. The van der Waals surface area contributed by atoms with E-state index in [1.807, 2.05) is 18.8 Å². The van der Waals surface area contributed by atoms with Gasteiger partial charge in [0.2, 0.25) is 0 Å². The molecule has 1 aromatic heterocycles. The lowest BCUT2D eigenvalue weighted by Gasteiger charge is -1.96. The number of aromatic nitrogens is 3. The lowest BCUT2D eigenvalue weighted by Crippen LogP contribution is -2.10. The fourth-order valence-corrected chi connectivity index (χ4v) is 1.24. The van der Waals surface area contributed by atoms with Gasteiger partial charge in [0.15, 0.2) is 5.82 Å². The van der Waals surface area contributed by atoms with Crippen LogP contribution in [0.4, 0.5) is 0 Å². The SMILES string of the molecule is CNCc1nc(CC(C)C)nn1C. The molecule has 0 atom stereocenters. The van der Waals surface area contributed by atoms with E-state index < -0.39 is 0 Å². The largest absolute Gasteiger partial charge is 0.313 e. The summed E-state index contributed by atoms with van der Waals surface area (Å²) in [6.07, 6.45) is 0.956. The maximum absolute atomic E-state index is 4.43. The molecule has 1 N–H and O–H groups in total. The van der Waals surface area contributed by atoms with Crippen LogP contribution >= 0.6 is 0 Å². The van der Waals surface area contributed by atoms with Gasteiger partial charge < -0.3 is 5.32 Å². The van der Waals surface area contributed by atoms with Gasteiger partial charge in [0.05, 0.1) is 6.54 Å². The van der Waals surface area contributed by atoms with Gasteiger partial charge in [0.25, 0.3) is 0 Å². The van der Waals surface area contributed by atoms with Crippen molar-refractivity contribution in [3.63, 3.8) is 0 Å². The first-order valence-electron chi connectivity index (χ1n) is 4.67. The minimum absolute atomic E-state index is 0.616. The van der Waals surface area contributed by atoms with Crippen LogP contribution in [0.5, 0.6) is 0 Å². The zero-order chi connectivity index (χ0) is 9.84. The van der Waals surface area contributed by atoms with E-state index in [2.05, 4.69) is 29.2 Å². The molecule has 0 radical (unpaired) electrons. The summed E-state index contributed by atoms with van der Waals surface area (Å²) in [5, 5.41) is 7.40. The van der Waals surface area contributed by atoms with Crippen LogP contribution in [0.1, 0.15) is 25.5 Å². The van der Waals surface area contributed by atoms with Gasteiger partial charge in [-0.2, -0.15) is 5.10 Å². The predicted molar refractivity (Wildman–Crippen MR) is 52.3 cm³/mol. The van der Waals surface area contributed by atoms with Gasteiger partial charge in [0.1, 0.15) is 5.82 Å². The minimum Gasteiger partial charge on any atom is -0.313 e. The van der Waals surface area contributed by atoms with Crippen molar-refractivity contribution in [3.8, 4) is 0 Å². The third kappa shape index (κ3) is 2.81. The smallest absolute Gasteiger partial charge is 0.151 e. The molecule has 1 rings (SSSR count). The van der Waals surface area contributed by atoms with E-state index in [9.17, 15) is 0 Å². The maximum Gasteiger partial charge on any atom is 0.151 e. The summed E-state index contributed by atoms with van der Waals surface area (Å²) in [5.41, 5.74) is 0. The molecule has 4 nitrogen and oxygen atoms in total. The highest BCUT2D eigenvalue weighted by molar-refractivity contribution is 4.92. The number of hydrogen-bond acceptors (Lipinski definition) is 3. The Kier molecular flexibility index (Phi) is 3.42. The van der Waals surface area contributed by atoms with Gasteiger partial charge in [-0.3, -0.25) is 4.68 Å². The van der Waals surface area contributed by atoms with Crippen LogP contribution in [-0.2, 0) is 20.0 Å². The van der Waals surface area contributed by atoms with Crippen LogP contribution in [0.3, 0.4) is 0 Å². The summed E-state index contributed by atoms with van der Waals surface area (Å²) in [5.74, 6) is 2.56. The number of nitrogens with one attached hydrogen (secondary N) is 1. The molecule has 0 amide bonds. The zero-order valence-electron chi connectivity index (χ0n) is 8.83. The Labute approximate surface area is 79.4 Å². The molecule has 0 spiro atoms.